The number of nitrogens with one attached hydrogen (secondary N) is 1. The van der Waals surface area contributed by atoms with Crippen molar-refractivity contribution in [3.8, 4) is 0 Å². The molecule has 4 rings (SSSR count). The number of hydrogen-bond donors (Lipinski definition) is 2. The maximum Gasteiger partial charge on any atom is 0.338 e. The van der Waals surface area contributed by atoms with E-state index in [-0.39, 0.29) is 35.1 Å². The van der Waals surface area contributed by atoms with E-state index in [0.717, 1.165) is 5.56 Å². The fourth-order valence-corrected chi connectivity index (χ4v) is 4.51. The van der Waals surface area contributed by atoms with Crippen molar-refractivity contribution in [2.24, 2.45) is 11.1 Å². The van der Waals surface area contributed by atoms with Crippen molar-refractivity contribution in [2.75, 3.05) is 18.1 Å². The maximum atomic E-state index is 13.7. The van der Waals surface area contributed by atoms with Crippen molar-refractivity contribution >= 4 is 17.6 Å². The molecule has 0 spiro atoms. The second-order valence-corrected chi connectivity index (χ2v) is 9.06. The third-order valence-corrected chi connectivity index (χ3v) is 6.01. The molecule has 0 fully saturated rings. The number of ether oxygens (including phenoxy) is 1. The Kier molecular flexibility index (Phi) is 5.97. The lowest BCUT2D eigenvalue weighted by atomic mass is 9.78. The van der Waals surface area contributed by atoms with Gasteiger partial charge in [0.05, 0.1) is 18.1 Å². The van der Waals surface area contributed by atoms with Crippen LogP contribution in [0.15, 0.2) is 77.3 Å². The fourth-order valence-electron chi connectivity index (χ4n) is 4.51. The van der Waals surface area contributed by atoms with E-state index in [1.807, 2.05) is 30.3 Å². The molecular formula is C26H28FN3O3. The minimum absolute atomic E-state index is 0.165. The van der Waals surface area contributed by atoms with Gasteiger partial charge in [0.15, 0.2) is 0 Å². The van der Waals surface area contributed by atoms with Crippen molar-refractivity contribution in [3.05, 3.63) is 88.6 Å². The quantitative estimate of drug-likeness (QED) is 0.690. The number of anilines is 1. The molecule has 2 aliphatic rings. The number of halogens is 1. The first-order chi connectivity index (χ1) is 15.7. The van der Waals surface area contributed by atoms with Crippen LogP contribution in [0.1, 0.15) is 38.7 Å². The summed E-state index contributed by atoms with van der Waals surface area (Å²) >= 11 is 0. The maximum absolute atomic E-state index is 13.7. The minimum Gasteiger partial charge on any atom is -0.463 e. The van der Waals surface area contributed by atoms with Crippen LogP contribution in [-0.2, 0) is 14.3 Å². The number of esters is 1. The number of carbonyl (C=O) groups excluding carboxylic acids is 2. The number of nitrogens with two attached hydrogens (primary N) is 1. The first-order valence-corrected chi connectivity index (χ1v) is 11.0. The Balaban J connectivity index is 2.03. The first kappa shape index (κ1) is 22.6. The van der Waals surface area contributed by atoms with Gasteiger partial charge in [-0.15, -0.1) is 0 Å². The lowest BCUT2D eigenvalue weighted by Gasteiger charge is -2.39. The molecule has 1 amide bonds. The van der Waals surface area contributed by atoms with Gasteiger partial charge in [-0.2, -0.15) is 0 Å². The molecule has 2 aromatic carbocycles. The summed E-state index contributed by atoms with van der Waals surface area (Å²) in [6.07, 6.45) is 0.526. The number of benzene rings is 2. The van der Waals surface area contributed by atoms with Crippen LogP contribution in [0.5, 0.6) is 0 Å². The van der Waals surface area contributed by atoms with Crippen LogP contribution < -0.4 is 16.0 Å². The molecule has 0 saturated heterocycles. The molecule has 1 atom stereocenters. The summed E-state index contributed by atoms with van der Waals surface area (Å²) in [6.45, 7) is 6.47. The second-order valence-electron chi connectivity index (χ2n) is 9.06. The topological polar surface area (TPSA) is 84.7 Å². The highest BCUT2D eigenvalue weighted by molar-refractivity contribution is 6.04. The molecule has 33 heavy (non-hydrogen) atoms. The zero-order valence-corrected chi connectivity index (χ0v) is 19.0. The van der Waals surface area contributed by atoms with E-state index in [4.69, 9.17) is 10.5 Å². The summed E-state index contributed by atoms with van der Waals surface area (Å²) in [5.74, 6) is -1.74. The standard InChI is InChI=1S/C26H28FN3O3/c1-4-33-25(32)22-20(16-8-6-5-7-9-16)21-19(14-26(2,3)15-29-24(21)31)30(23(22)28)18-12-10-17(27)11-13-18/h5-13,20H,4,14-15,28H2,1-3H3,(H,29,31). The van der Waals surface area contributed by atoms with Gasteiger partial charge in [0.25, 0.3) is 0 Å². The molecule has 0 aliphatic carbocycles. The van der Waals surface area contributed by atoms with Crippen molar-refractivity contribution < 1.29 is 18.7 Å². The molecule has 0 bridgehead atoms. The molecule has 0 aromatic heterocycles. The molecule has 6 nitrogen and oxygen atoms in total. The second kappa shape index (κ2) is 8.73. The van der Waals surface area contributed by atoms with Crippen LogP contribution in [-0.4, -0.2) is 25.0 Å². The first-order valence-electron chi connectivity index (χ1n) is 11.0. The lowest BCUT2D eigenvalue weighted by Crippen LogP contribution is -2.41. The summed E-state index contributed by atoms with van der Waals surface area (Å²) in [7, 11) is 0. The number of nitrogens with zero attached hydrogens (tertiary/aromatic N) is 1. The molecule has 0 saturated carbocycles. The zero-order chi connectivity index (χ0) is 23.8. The van der Waals surface area contributed by atoms with Crippen LogP contribution in [0.2, 0.25) is 0 Å². The Morgan fingerprint density at radius 2 is 1.85 bits per heavy atom. The van der Waals surface area contributed by atoms with Gasteiger partial charge in [-0.25, -0.2) is 9.18 Å². The number of amides is 1. The summed E-state index contributed by atoms with van der Waals surface area (Å²) < 4.78 is 19.1. The average molecular weight is 450 g/mol. The van der Waals surface area contributed by atoms with Crippen LogP contribution >= 0.6 is 0 Å². The third kappa shape index (κ3) is 4.23. The van der Waals surface area contributed by atoms with Crippen molar-refractivity contribution in [1.82, 2.24) is 5.32 Å². The zero-order valence-electron chi connectivity index (χ0n) is 19.0. The molecule has 172 valence electrons. The Morgan fingerprint density at radius 1 is 1.18 bits per heavy atom. The van der Waals surface area contributed by atoms with E-state index in [2.05, 4.69) is 19.2 Å². The van der Waals surface area contributed by atoms with Crippen LogP contribution in [0.4, 0.5) is 10.1 Å². The SMILES string of the molecule is CCOC(=O)C1=C(N)N(c2ccc(F)cc2)C2=C(C(=O)NCC(C)(C)C2)C1c1ccccc1. The van der Waals surface area contributed by atoms with Gasteiger partial charge in [-0.3, -0.25) is 9.69 Å². The number of rotatable bonds is 4. The van der Waals surface area contributed by atoms with Gasteiger partial charge in [-0.05, 0) is 48.6 Å². The van der Waals surface area contributed by atoms with E-state index in [1.54, 1.807) is 24.0 Å². The predicted molar refractivity (Wildman–Crippen MR) is 124 cm³/mol. The van der Waals surface area contributed by atoms with Crippen LogP contribution in [0.25, 0.3) is 0 Å². The normalized spacial score (nSPS) is 20.2. The van der Waals surface area contributed by atoms with E-state index in [9.17, 15) is 14.0 Å². The van der Waals surface area contributed by atoms with Crippen LogP contribution in [0, 0.1) is 11.2 Å². The highest BCUT2D eigenvalue weighted by Crippen LogP contribution is 2.47. The van der Waals surface area contributed by atoms with Crippen molar-refractivity contribution in [1.29, 1.82) is 0 Å². The molecule has 1 unspecified atom stereocenters. The van der Waals surface area contributed by atoms with E-state index in [0.29, 0.717) is 29.9 Å². The highest BCUT2D eigenvalue weighted by atomic mass is 19.1. The van der Waals surface area contributed by atoms with Gasteiger partial charge in [0.2, 0.25) is 5.91 Å². The molecule has 7 heteroatoms. The van der Waals surface area contributed by atoms with E-state index < -0.39 is 11.9 Å². The van der Waals surface area contributed by atoms with E-state index in [1.165, 1.54) is 12.1 Å². The Morgan fingerprint density at radius 3 is 2.48 bits per heavy atom. The highest BCUT2D eigenvalue weighted by Gasteiger charge is 2.44. The fraction of sp³-hybridized carbons (Fsp3) is 0.308. The summed E-state index contributed by atoms with van der Waals surface area (Å²) in [5.41, 5.74) is 9.10. The molecule has 0 radical (unpaired) electrons. The summed E-state index contributed by atoms with van der Waals surface area (Å²) in [5, 5.41) is 3.02. The monoisotopic (exact) mass is 449 g/mol. The van der Waals surface area contributed by atoms with Gasteiger partial charge in [0, 0.05) is 23.5 Å². The largest absolute Gasteiger partial charge is 0.463 e. The van der Waals surface area contributed by atoms with Crippen molar-refractivity contribution in [2.45, 2.75) is 33.1 Å². The predicted octanol–water partition coefficient (Wildman–Crippen LogP) is 3.96. The summed E-state index contributed by atoms with van der Waals surface area (Å²) in [6, 6.07) is 15.2. The van der Waals surface area contributed by atoms with Crippen LogP contribution in [0.3, 0.4) is 0 Å². The average Bonchev–Trinajstić information content (AvgIpc) is 2.90. The van der Waals surface area contributed by atoms with Gasteiger partial charge >= 0.3 is 5.97 Å². The molecule has 2 aromatic rings. The minimum atomic E-state index is -0.689. The lowest BCUT2D eigenvalue weighted by molar-refractivity contribution is -0.138. The van der Waals surface area contributed by atoms with E-state index >= 15 is 0 Å². The molecule has 2 heterocycles. The van der Waals surface area contributed by atoms with Gasteiger partial charge < -0.3 is 15.8 Å². The number of hydrogen-bond acceptors (Lipinski definition) is 5. The Labute approximate surface area is 192 Å². The third-order valence-electron chi connectivity index (χ3n) is 6.01. The molecule has 2 aliphatic heterocycles. The number of allylic oxidation sites excluding steroid dienone is 1. The van der Waals surface area contributed by atoms with Gasteiger partial charge in [-0.1, -0.05) is 44.2 Å². The van der Waals surface area contributed by atoms with Crippen molar-refractivity contribution in [3.63, 3.8) is 0 Å². The smallest absolute Gasteiger partial charge is 0.338 e. The Hall–Kier alpha value is -3.61. The molecule has 3 N–H and O–H groups in total. The summed E-state index contributed by atoms with van der Waals surface area (Å²) in [4.78, 5) is 28.4. The number of carbonyl (C=O) groups is 2. The molecular weight excluding hydrogens is 421 g/mol. The Bertz CT molecular complexity index is 1140. The van der Waals surface area contributed by atoms with Gasteiger partial charge in [0.1, 0.15) is 11.6 Å².